The fraction of sp³-hybridized carbons (Fsp3) is 0.167. The van der Waals surface area contributed by atoms with Crippen molar-refractivity contribution < 1.29 is 4.79 Å². The molecule has 2 heterocycles. The number of aromatic nitrogens is 3. The lowest BCUT2D eigenvalue weighted by Gasteiger charge is -2.06. The van der Waals surface area contributed by atoms with Gasteiger partial charge in [-0.1, -0.05) is 30.3 Å². The molecule has 24 heavy (non-hydrogen) atoms. The number of amides is 1. The fourth-order valence-electron chi connectivity index (χ4n) is 2.60. The van der Waals surface area contributed by atoms with Gasteiger partial charge in [-0.05, 0) is 13.0 Å². The highest BCUT2D eigenvalue weighted by Crippen LogP contribution is 2.21. The molecule has 0 aliphatic heterocycles. The molecule has 0 atom stereocenters. The predicted octanol–water partition coefficient (Wildman–Crippen LogP) is 2.01. The van der Waals surface area contributed by atoms with E-state index in [1.54, 1.807) is 17.7 Å². The Hall–Kier alpha value is -3.15. The highest BCUT2D eigenvalue weighted by Gasteiger charge is 2.12. The zero-order valence-electron chi connectivity index (χ0n) is 13.5. The summed E-state index contributed by atoms with van der Waals surface area (Å²) < 4.78 is 1.72. The van der Waals surface area contributed by atoms with Crippen LogP contribution < -0.4 is 10.9 Å². The third-order valence-electron chi connectivity index (χ3n) is 3.63. The quantitative estimate of drug-likeness (QED) is 0.771. The van der Waals surface area contributed by atoms with Crippen LogP contribution in [0, 0.1) is 6.92 Å². The van der Waals surface area contributed by atoms with Crippen LogP contribution in [0.4, 0.5) is 0 Å². The van der Waals surface area contributed by atoms with Gasteiger partial charge in [0, 0.05) is 48.2 Å². The first-order valence-electron chi connectivity index (χ1n) is 7.60. The van der Waals surface area contributed by atoms with Crippen molar-refractivity contribution in [1.82, 2.24) is 20.1 Å². The molecule has 0 aliphatic rings. The van der Waals surface area contributed by atoms with Gasteiger partial charge in [0.1, 0.15) is 0 Å². The second kappa shape index (κ2) is 6.54. The molecule has 0 bridgehead atoms. The van der Waals surface area contributed by atoms with Crippen LogP contribution in [0.25, 0.3) is 11.3 Å². The average molecular weight is 322 g/mol. The first-order chi connectivity index (χ1) is 11.5. The Morgan fingerprint density at radius 1 is 1.25 bits per heavy atom. The average Bonchev–Trinajstić information content (AvgIpc) is 2.93. The Kier molecular flexibility index (Phi) is 4.29. The summed E-state index contributed by atoms with van der Waals surface area (Å²) in [6.45, 7) is 2.08. The maximum atomic E-state index is 12.3. The molecule has 122 valence electrons. The molecule has 0 radical (unpaired) electrons. The molecule has 0 saturated carbocycles. The highest BCUT2D eigenvalue weighted by molar-refractivity contribution is 5.94. The summed E-state index contributed by atoms with van der Waals surface area (Å²) in [5, 5.41) is 7.32. The van der Waals surface area contributed by atoms with Crippen molar-refractivity contribution in [1.29, 1.82) is 0 Å². The highest BCUT2D eigenvalue weighted by atomic mass is 16.2. The number of hydrogen-bond acceptors (Lipinski definition) is 3. The van der Waals surface area contributed by atoms with Crippen LogP contribution in [-0.4, -0.2) is 20.7 Å². The van der Waals surface area contributed by atoms with Gasteiger partial charge in [-0.2, -0.15) is 5.10 Å². The second-order valence-corrected chi connectivity index (χ2v) is 5.64. The van der Waals surface area contributed by atoms with E-state index in [2.05, 4.69) is 15.4 Å². The number of nitrogens with zero attached hydrogens (tertiary/aromatic N) is 2. The van der Waals surface area contributed by atoms with Gasteiger partial charge in [-0.15, -0.1) is 0 Å². The minimum absolute atomic E-state index is 0.285. The minimum Gasteiger partial charge on any atom is -0.348 e. The molecule has 0 fully saturated rings. The number of pyridine rings is 1. The van der Waals surface area contributed by atoms with E-state index < -0.39 is 0 Å². The summed E-state index contributed by atoms with van der Waals surface area (Å²) in [4.78, 5) is 26.4. The summed E-state index contributed by atoms with van der Waals surface area (Å²) in [7, 11) is 1.85. The van der Waals surface area contributed by atoms with Crippen molar-refractivity contribution in [2.75, 3.05) is 0 Å². The van der Waals surface area contributed by atoms with E-state index >= 15 is 0 Å². The third-order valence-corrected chi connectivity index (χ3v) is 3.63. The normalized spacial score (nSPS) is 10.6. The number of aromatic amines is 1. The van der Waals surface area contributed by atoms with Gasteiger partial charge in [0.2, 0.25) is 5.56 Å². The van der Waals surface area contributed by atoms with Gasteiger partial charge in [-0.3, -0.25) is 14.3 Å². The third kappa shape index (κ3) is 3.43. The van der Waals surface area contributed by atoms with Crippen molar-refractivity contribution in [3.63, 3.8) is 0 Å². The minimum atomic E-state index is -0.286. The molecule has 3 rings (SSSR count). The monoisotopic (exact) mass is 322 g/mol. The van der Waals surface area contributed by atoms with Gasteiger partial charge in [0.05, 0.1) is 5.69 Å². The van der Waals surface area contributed by atoms with E-state index in [9.17, 15) is 9.59 Å². The van der Waals surface area contributed by atoms with E-state index in [1.165, 1.54) is 6.07 Å². The van der Waals surface area contributed by atoms with Crippen molar-refractivity contribution >= 4 is 5.91 Å². The fourth-order valence-corrected chi connectivity index (χ4v) is 2.60. The molecule has 1 aromatic carbocycles. The number of carbonyl (C=O) groups is 1. The maximum Gasteiger partial charge on any atom is 0.251 e. The number of rotatable bonds is 4. The standard InChI is InChI=1S/C18H18N4O2/c1-12-8-14(9-16(23)20-12)18(24)19-10-15-11-22(2)21-17(15)13-6-4-3-5-7-13/h3-9,11H,10H2,1-2H3,(H,19,24)(H,20,23). The van der Waals surface area contributed by atoms with Gasteiger partial charge in [0.25, 0.3) is 5.91 Å². The predicted molar refractivity (Wildman–Crippen MR) is 91.6 cm³/mol. The summed E-state index contributed by atoms with van der Waals surface area (Å²) in [5.41, 5.74) is 3.46. The number of nitrogens with one attached hydrogen (secondary N) is 2. The first kappa shape index (κ1) is 15.7. The first-order valence-corrected chi connectivity index (χ1v) is 7.60. The summed E-state index contributed by atoms with van der Waals surface area (Å²) in [5.74, 6) is -0.285. The van der Waals surface area contributed by atoms with Crippen LogP contribution in [0.15, 0.2) is 53.5 Å². The van der Waals surface area contributed by atoms with Crippen molar-refractivity contribution in [2.24, 2.45) is 7.05 Å². The molecule has 1 amide bonds. The second-order valence-electron chi connectivity index (χ2n) is 5.64. The van der Waals surface area contributed by atoms with Gasteiger partial charge in [0.15, 0.2) is 0 Å². The Balaban J connectivity index is 1.80. The van der Waals surface area contributed by atoms with Gasteiger partial charge >= 0.3 is 0 Å². The van der Waals surface area contributed by atoms with E-state index in [4.69, 9.17) is 0 Å². The molecule has 6 nitrogen and oxygen atoms in total. The Morgan fingerprint density at radius 2 is 2.00 bits per heavy atom. The van der Waals surface area contributed by atoms with Gasteiger partial charge in [-0.25, -0.2) is 0 Å². The van der Waals surface area contributed by atoms with E-state index in [-0.39, 0.29) is 11.5 Å². The number of benzene rings is 1. The molecule has 6 heteroatoms. The Morgan fingerprint density at radius 3 is 2.71 bits per heavy atom. The molecule has 0 aliphatic carbocycles. The van der Waals surface area contributed by atoms with E-state index in [0.717, 1.165) is 16.8 Å². The van der Waals surface area contributed by atoms with Crippen LogP contribution in [0.2, 0.25) is 0 Å². The molecular weight excluding hydrogens is 304 g/mol. The Labute approximate surface area is 139 Å². The molecule has 2 N–H and O–H groups in total. The van der Waals surface area contributed by atoms with Crippen LogP contribution in [-0.2, 0) is 13.6 Å². The van der Waals surface area contributed by atoms with Crippen LogP contribution >= 0.6 is 0 Å². The van der Waals surface area contributed by atoms with Crippen LogP contribution in [0.3, 0.4) is 0 Å². The molecule has 3 aromatic rings. The summed E-state index contributed by atoms with van der Waals surface area (Å²) >= 11 is 0. The summed E-state index contributed by atoms with van der Waals surface area (Å²) in [6, 6.07) is 12.8. The van der Waals surface area contributed by atoms with Crippen molar-refractivity contribution in [3.05, 3.63) is 75.8 Å². The lowest BCUT2D eigenvalue weighted by molar-refractivity contribution is 0.0950. The SMILES string of the molecule is Cc1cc(C(=O)NCc2cn(C)nc2-c2ccccc2)cc(=O)[nH]1. The lowest BCUT2D eigenvalue weighted by Crippen LogP contribution is -2.24. The smallest absolute Gasteiger partial charge is 0.251 e. The number of carbonyl (C=O) groups excluding carboxylic acids is 1. The van der Waals surface area contributed by atoms with Gasteiger partial charge < -0.3 is 10.3 Å². The Bertz CT molecular complexity index is 926. The maximum absolute atomic E-state index is 12.3. The molecule has 0 unspecified atom stereocenters. The molecule has 2 aromatic heterocycles. The van der Waals surface area contributed by atoms with E-state index in [0.29, 0.717) is 17.8 Å². The number of hydrogen-bond donors (Lipinski definition) is 2. The summed E-state index contributed by atoms with van der Waals surface area (Å²) in [6.07, 6.45) is 1.88. The molecular formula is C18H18N4O2. The zero-order valence-corrected chi connectivity index (χ0v) is 13.5. The largest absolute Gasteiger partial charge is 0.348 e. The van der Waals surface area contributed by atoms with Crippen LogP contribution in [0.1, 0.15) is 21.6 Å². The lowest BCUT2D eigenvalue weighted by atomic mass is 10.1. The van der Waals surface area contributed by atoms with Crippen molar-refractivity contribution in [2.45, 2.75) is 13.5 Å². The van der Waals surface area contributed by atoms with Crippen LogP contribution in [0.5, 0.6) is 0 Å². The zero-order chi connectivity index (χ0) is 17.1. The number of H-pyrrole nitrogens is 1. The molecule has 0 spiro atoms. The van der Waals surface area contributed by atoms with Crippen molar-refractivity contribution in [3.8, 4) is 11.3 Å². The number of aryl methyl sites for hydroxylation is 2. The topological polar surface area (TPSA) is 79.8 Å². The van der Waals surface area contributed by atoms with E-state index in [1.807, 2.05) is 43.6 Å². The molecule has 0 saturated heterocycles.